The van der Waals surface area contributed by atoms with E-state index in [1.54, 1.807) is 0 Å². The number of nitrogens with one attached hydrogen (secondary N) is 1. The molecule has 1 rings (SSSR count). The molecule has 4 heteroatoms. The maximum atomic E-state index is 5.84. The first kappa shape index (κ1) is 18.9. The summed E-state index contributed by atoms with van der Waals surface area (Å²) in [7, 11) is 0. The predicted octanol–water partition coefficient (Wildman–Crippen LogP) is 3.07. The van der Waals surface area contributed by atoms with E-state index in [0.29, 0.717) is 6.04 Å². The summed E-state index contributed by atoms with van der Waals surface area (Å²) in [5.41, 5.74) is 3.17. The van der Waals surface area contributed by atoms with Gasteiger partial charge in [-0.1, -0.05) is 51.9 Å². The van der Waals surface area contributed by atoms with Crippen LogP contribution < -0.4 is 11.3 Å². The molecule has 1 fully saturated rings. The van der Waals surface area contributed by atoms with Crippen molar-refractivity contribution in [3.05, 3.63) is 0 Å². The van der Waals surface area contributed by atoms with Crippen molar-refractivity contribution >= 4 is 0 Å². The summed E-state index contributed by atoms with van der Waals surface area (Å²) in [6, 6.07) is 0.353. The van der Waals surface area contributed by atoms with Gasteiger partial charge in [-0.15, -0.1) is 0 Å². The molecule has 21 heavy (non-hydrogen) atoms. The van der Waals surface area contributed by atoms with E-state index in [4.69, 9.17) is 10.6 Å². The Balaban J connectivity index is 2.25. The SMILES string of the molecule is CCCCCCCCCC(NN)C(C)(C)N1CCOCC1. The Morgan fingerprint density at radius 1 is 1.05 bits per heavy atom. The summed E-state index contributed by atoms with van der Waals surface area (Å²) >= 11 is 0. The van der Waals surface area contributed by atoms with Crippen LogP contribution in [0.15, 0.2) is 0 Å². The van der Waals surface area contributed by atoms with Crippen molar-refractivity contribution in [1.29, 1.82) is 0 Å². The third-order valence-electron chi connectivity index (χ3n) is 4.98. The molecule has 1 unspecified atom stereocenters. The molecule has 0 amide bonds. The number of hydrazine groups is 1. The largest absolute Gasteiger partial charge is 0.379 e. The van der Waals surface area contributed by atoms with Gasteiger partial charge in [-0.3, -0.25) is 16.2 Å². The number of nitrogens with two attached hydrogens (primary N) is 1. The van der Waals surface area contributed by atoms with Gasteiger partial charge in [-0.2, -0.15) is 0 Å². The topological polar surface area (TPSA) is 50.5 Å². The molecule has 0 aliphatic carbocycles. The monoisotopic (exact) mass is 299 g/mol. The number of ether oxygens (including phenoxy) is 1. The Kier molecular flexibility index (Phi) is 9.49. The molecule has 0 bridgehead atoms. The van der Waals surface area contributed by atoms with Crippen molar-refractivity contribution < 1.29 is 4.74 Å². The number of nitrogens with zero attached hydrogens (tertiary/aromatic N) is 1. The Labute approximate surface area is 131 Å². The predicted molar refractivity (Wildman–Crippen MR) is 90.2 cm³/mol. The third-order valence-corrected chi connectivity index (χ3v) is 4.98. The first-order chi connectivity index (χ1) is 10.1. The summed E-state index contributed by atoms with van der Waals surface area (Å²) in [5, 5.41) is 0. The van der Waals surface area contributed by atoms with Crippen LogP contribution in [0.5, 0.6) is 0 Å². The van der Waals surface area contributed by atoms with Crippen LogP contribution >= 0.6 is 0 Å². The lowest BCUT2D eigenvalue weighted by Gasteiger charge is -2.45. The fourth-order valence-electron chi connectivity index (χ4n) is 3.31. The summed E-state index contributed by atoms with van der Waals surface area (Å²) in [6.07, 6.45) is 10.6. The second kappa shape index (κ2) is 10.5. The van der Waals surface area contributed by atoms with Crippen LogP contribution in [-0.4, -0.2) is 42.8 Å². The second-order valence-electron chi connectivity index (χ2n) is 6.88. The number of rotatable bonds is 11. The number of hydrogen-bond donors (Lipinski definition) is 2. The Morgan fingerprint density at radius 2 is 1.62 bits per heavy atom. The van der Waals surface area contributed by atoms with E-state index >= 15 is 0 Å². The highest BCUT2D eigenvalue weighted by Crippen LogP contribution is 2.24. The summed E-state index contributed by atoms with van der Waals surface area (Å²) in [6.45, 7) is 10.6. The van der Waals surface area contributed by atoms with Gasteiger partial charge in [0.05, 0.1) is 13.2 Å². The van der Waals surface area contributed by atoms with Gasteiger partial charge in [-0.25, -0.2) is 0 Å². The van der Waals surface area contributed by atoms with Gasteiger partial charge < -0.3 is 4.74 Å². The van der Waals surface area contributed by atoms with E-state index in [1.165, 1.54) is 44.9 Å². The molecular formula is C17H37N3O. The van der Waals surface area contributed by atoms with Crippen molar-refractivity contribution in [3.8, 4) is 0 Å². The highest BCUT2D eigenvalue weighted by Gasteiger charge is 2.35. The van der Waals surface area contributed by atoms with Crippen molar-refractivity contribution in [3.63, 3.8) is 0 Å². The van der Waals surface area contributed by atoms with Gasteiger partial charge in [0.25, 0.3) is 0 Å². The average Bonchev–Trinajstić information content (AvgIpc) is 2.50. The molecule has 0 radical (unpaired) electrons. The molecule has 0 spiro atoms. The van der Waals surface area contributed by atoms with Crippen LogP contribution in [-0.2, 0) is 4.74 Å². The molecule has 0 aromatic carbocycles. The number of hydrogen-bond acceptors (Lipinski definition) is 4. The molecule has 3 N–H and O–H groups in total. The molecule has 126 valence electrons. The van der Waals surface area contributed by atoms with Crippen molar-refractivity contribution in [2.24, 2.45) is 5.84 Å². The van der Waals surface area contributed by atoms with Crippen LogP contribution in [0, 0.1) is 0 Å². The smallest absolute Gasteiger partial charge is 0.0594 e. The van der Waals surface area contributed by atoms with E-state index < -0.39 is 0 Å². The van der Waals surface area contributed by atoms with Crippen molar-refractivity contribution in [2.45, 2.75) is 83.7 Å². The first-order valence-electron chi connectivity index (χ1n) is 8.91. The fourth-order valence-corrected chi connectivity index (χ4v) is 3.31. The number of morpholine rings is 1. The Bertz CT molecular complexity index is 252. The zero-order chi connectivity index (χ0) is 15.6. The lowest BCUT2D eigenvalue weighted by Crippen LogP contribution is -2.61. The molecule has 4 nitrogen and oxygen atoms in total. The van der Waals surface area contributed by atoms with Gasteiger partial charge in [-0.05, 0) is 20.3 Å². The highest BCUT2D eigenvalue weighted by molar-refractivity contribution is 4.93. The van der Waals surface area contributed by atoms with Gasteiger partial charge in [0, 0.05) is 24.7 Å². The van der Waals surface area contributed by atoms with Gasteiger partial charge in [0.15, 0.2) is 0 Å². The number of unbranched alkanes of at least 4 members (excludes halogenated alkanes) is 6. The minimum Gasteiger partial charge on any atom is -0.379 e. The van der Waals surface area contributed by atoms with Crippen LogP contribution in [0.3, 0.4) is 0 Å². The minimum atomic E-state index is 0.0980. The summed E-state index contributed by atoms with van der Waals surface area (Å²) in [4.78, 5) is 2.52. The third kappa shape index (κ3) is 6.64. The minimum absolute atomic E-state index is 0.0980. The average molecular weight is 300 g/mol. The molecule has 1 saturated heterocycles. The zero-order valence-electron chi connectivity index (χ0n) is 14.5. The van der Waals surface area contributed by atoms with Crippen LogP contribution in [0.25, 0.3) is 0 Å². The summed E-state index contributed by atoms with van der Waals surface area (Å²) in [5.74, 6) is 5.84. The fraction of sp³-hybridized carbons (Fsp3) is 1.00. The van der Waals surface area contributed by atoms with Crippen LogP contribution in [0.1, 0.15) is 72.1 Å². The molecule has 0 aromatic rings. The Morgan fingerprint density at radius 3 is 2.19 bits per heavy atom. The summed E-state index contributed by atoms with van der Waals surface area (Å²) < 4.78 is 5.46. The van der Waals surface area contributed by atoms with Gasteiger partial charge >= 0.3 is 0 Å². The first-order valence-corrected chi connectivity index (χ1v) is 8.91. The quantitative estimate of drug-likeness (QED) is 0.350. The highest BCUT2D eigenvalue weighted by atomic mass is 16.5. The van der Waals surface area contributed by atoms with Gasteiger partial charge in [0.1, 0.15) is 0 Å². The lowest BCUT2D eigenvalue weighted by molar-refractivity contribution is -0.0246. The second-order valence-corrected chi connectivity index (χ2v) is 6.88. The van der Waals surface area contributed by atoms with Crippen molar-refractivity contribution in [2.75, 3.05) is 26.3 Å². The molecule has 0 aromatic heterocycles. The van der Waals surface area contributed by atoms with Crippen LogP contribution in [0.2, 0.25) is 0 Å². The molecule has 1 heterocycles. The molecule has 0 saturated carbocycles. The van der Waals surface area contributed by atoms with E-state index in [0.717, 1.165) is 32.7 Å². The van der Waals surface area contributed by atoms with Crippen LogP contribution in [0.4, 0.5) is 0 Å². The van der Waals surface area contributed by atoms with E-state index in [-0.39, 0.29) is 5.54 Å². The van der Waals surface area contributed by atoms with E-state index in [1.807, 2.05) is 0 Å². The van der Waals surface area contributed by atoms with E-state index in [9.17, 15) is 0 Å². The maximum Gasteiger partial charge on any atom is 0.0594 e. The standard InChI is InChI=1S/C17H37N3O/c1-4-5-6-7-8-9-10-11-16(19-18)17(2,3)20-12-14-21-15-13-20/h16,19H,4-15,18H2,1-3H3. The maximum absolute atomic E-state index is 5.84. The molecule has 1 atom stereocenters. The normalized spacial score (nSPS) is 18.9. The van der Waals surface area contributed by atoms with Gasteiger partial charge in [0.2, 0.25) is 0 Å². The van der Waals surface area contributed by atoms with E-state index in [2.05, 4.69) is 31.1 Å². The molecule has 1 aliphatic rings. The lowest BCUT2D eigenvalue weighted by atomic mass is 9.88. The molecular weight excluding hydrogens is 262 g/mol. The zero-order valence-corrected chi connectivity index (χ0v) is 14.5. The van der Waals surface area contributed by atoms with Crippen molar-refractivity contribution in [1.82, 2.24) is 10.3 Å². The molecule has 1 aliphatic heterocycles. The Hall–Kier alpha value is -0.160.